The molecule has 4 nitrogen and oxygen atoms in total. The molecule has 1 saturated carbocycles. The minimum Gasteiger partial charge on any atom is -0.207 e. The molecule has 0 radical (unpaired) electrons. The lowest BCUT2D eigenvalue weighted by atomic mass is 10.2. The van der Waals surface area contributed by atoms with E-state index in [0.29, 0.717) is 0 Å². The fourth-order valence-corrected chi connectivity index (χ4v) is 4.03. The van der Waals surface area contributed by atoms with E-state index in [-0.39, 0.29) is 10.9 Å². The summed E-state index contributed by atoms with van der Waals surface area (Å²) in [6.45, 7) is 0. The molecule has 0 unspecified atom stereocenters. The topological polar surface area (TPSA) is 70.0 Å². The molecule has 0 amide bonds. The molecule has 20 heavy (non-hydrogen) atoms. The summed E-state index contributed by atoms with van der Waals surface area (Å²) >= 11 is 1.53. The van der Waals surface area contributed by atoms with Crippen LogP contribution in [0.3, 0.4) is 0 Å². The Labute approximate surface area is 121 Å². The van der Waals surface area contributed by atoms with E-state index in [1.807, 2.05) is 29.6 Å². The lowest BCUT2D eigenvalue weighted by Gasteiger charge is -2.03. The molecule has 0 bridgehead atoms. The smallest absolute Gasteiger partial charge is 0.207 e. The lowest BCUT2D eigenvalue weighted by molar-refractivity contribution is 0.589. The van der Waals surface area contributed by atoms with Crippen LogP contribution in [0.5, 0.6) is 0 Å². The van der Waals surface area contributed by atoms with Crippen LogP contribution in [-0.4, -0.2) is 14.5 Å². The van der Waals surface area contributed by atoms with Crippen molar-refractivity contribution < 1.29 is 8.42 Å². The number of rotatable bonds is 4. The quantitative estimate of drug-likeness (QED) is 0.883. The van der Waals surface area contributed by atoms with Gasteiger partial charge in [-0.15, -0.1) is 11.3 Å². The Kier molecular flexibility index (Phi) is 3.34. The third-order valence-corrected chi connectivity index (χ3v) is 5.51. The van der Waals surface area contributed by atoms with E-state index in [2.05, 4.69) is 4.72 Å². The van der Waals surface area contributed by atoms with Gasteiger partial charge in [-0.3, -0.25) is 0 Å². The Balaban J connectivity index is 2.02. The van der Waals surface area contributed by atoms with E-state index in [1.165, 1.54) is 17.4 Å². The van der Waals surface area contributed by atoms with Crippen LogP contribution in [0.2, 0.25) is 0 Å². The molecule has 1 aliphatic carbocycles. The first kappa shape index (κ1) is 13.3. The monoisotopic (exact) mass is 304 g/mol. The summed E-state index contributed by atoms with van der Waals surface area (Å²) in [6.07, 6.45) is 3.14. The van der Waals surface area contributed by atoms with Gasteiger partial charge in [0.2, 0.25) is 0 Å². The van der Waals surface area contributed by atoms with Gasteiger partial charge < -0.3 is 0 Å². The molecule has 0 aliphatic heterocycles. The van der Waals surface area contributed by atoms with E-state index in [4.69, 9.17) is 5.26 Å². The molecule has 6 heteroatoms. The van der Waals surface area contributed by atoms with E-state index >= 15 is 0 Å². The largest absolute Gasteiger partial charge is 0.250 e. The second-order valence-electron chi connectivity index (χ2n) is 4.70. The summed E-state index contributed by atoms with van der Waals surface area (Å²) < 4.78 is 27.8. The van der Waals surface area contributed by atoms with Crippen molar-refractivity contribution in [1.29, 1.82) is 5.26 Å². The first-order valence-electron chi connectivity index (χ1n) is 6.20. The maximum Gasteiger partial charge on any atom is 0.250 e. The first-order valence-corrected chi connectivity index (χ1v) is 8.57. The zero-order chi connectivity index (χ0) is 14.2. The number of nitrogens with one attached hydrogen (secondary N) is 1. The number of hydrogen-bond acceptors (Lipinski definition) is 4. The standard InChI is InChI=1S/C14H12N2O2S2/c15-8-12(20(17,18)16-11-5-6-11)7-10-9-19-14-4-2-1-3-13(10)14/h1-4,7,9,11,16H,5-6H2/b12-7+. The van der Waals surface area contributed by atoms with Crippen molar-refractivity contribution in [2.75, 3.05) is 0 Å². The molecular formula is C14H12N2O2S2. The first-order chi connectivity index (χ1) is 9.60. The third-order valence-electron chi connectivity index (χ3n) is 3.10. The molecule has 1 aromatic carbocycles. The van der Waals surface area contributed by atoms with Gasteiger partial charge in [0.25, 0.3) is 10.0 Å². The van der Waals surface area contributed by atoms with Gasteiger partial charge >= 0.3 is 0 Å². The summed E-state index contributed by atoms with van der Waals surface area (Å²) in [6, 6.07) is 9.52. The van der Waals surface area contributed by atoms with Gasteiger partial charge in [0.1, 0.15) is 6.07 Å². The lowest BCUT2D eigenvalue weighted by Crippen LogP contribution is -2.26. The summed E-state index contributed by atoms with van der Waals surface area (Å²) in [7, 11) is -3.70. The van der Waals surface area contributed by atoms with Gasteiger partial charge in [-0.05, 0) is 41.3 Å². The summed E-state index contributed by atoms with van der Waals surface area (Å²) in [5.41, 5.74) is 0.767. The fraction of sp³-hybridized carbons (Fsp3) is 0.214. The van der Waals surface area contributed by atoms with Gasteiger partial charge in [-0.1, -0.05) is 18.2 Å². The molecule has 3 rings (SSSR count). The normalized spacial score (nSPS) is 16.2. The highest BCUT2D eigenvalue weighted by Gasteiger charge is 2.29. The van der Waals surface area contributed by atoms with E-state index in [9.17, 15) is 8.42 Å². The van der Waals surface area contributed by atoms with Crippen LogP contribution in [0.15, 0.2) is 34.6 Å². The number of fused-ring (bicyclic) bond motifs is 1. The average molecular weight is 304 g/mol. The molecule has 1 heterocycles. The van der Waals surface area contributed by atoms with Crippen molar-refractivity contribution in [1.82, 2.24) is 4.72 Å². The van der Waals surface area contributed by atoms with Crippen molar-refractivity contribution in [2.45, 2.75) is 18.9 Å². The Morgan fingerprint density at radius 2 is 2.15 bits per heavy atom. The molecular weight excluding hydrogens is 292 g/mol. The number of thiophene rings is 1. The van der Waals surface area contributed by atoms with Crippen LogP contribution in [0.25, 0.3) is 16.2 Å². The molecule has 0 atom stereocenters. The van der Waals surface area contributed by atoms with Gasteiger partial charge in [-0.2, -0.15) is 5.26 Å². The van der Waals surface area contributed by atoms with Crippen LogP contribution >= 0.6 is 11.3 Å². The minimum absolute atomic E-state index is 0.00373. The summed E-state index contributed by atoms with van der Waals surface area (Å²) in [5, 5.41) is 12.0. The molecule has 2 aromatic rings. The Morgan fingerprint density at radius 3 is 2.85 bits per heavy atom. The van der Waals surface area contributed by atoms with Gasteiger partial charge in [0.15, 0.2) is 4.91 Å². The number of nitrogens with zero attached hydrogens (tertiary/aromatic N) is 1. The molecule has 1 aliphatic rings. The minimum atomic E-state index is -3.70. The maximum absolute atomic E-state index is 12.1. The molecule has 0 spiro atoms. The highest BCUT2D eigenvalue weighted by atomic mass is 32.2. The van der Waals surface area contributed by atoms with Gasteiger partial charge in [-0.25, -0.2) is 13.1 Å². The van der Waals surface area contributed by atoms with E-state index in [0.717, 1.165) is 28.5 Å². The predicted octanol–water partition coefficient (Wildman–Crippen LogP) is 2.85. The number of benzene rings is 1. The molecule has 1 fully saturated rings. The highest BCUT2D eigenvalue weighted by Crippen LogP contribution is 2.28. The molecule has 1 N–H and O–H groups in total. The average Bonchev–Trinajstić information content (AvgIpc) is 3.14. The number of hydrogen-bond donors (Lipinski definition) is 1. The van der Waals surface area contributed by atoms with Crippen LogP contribution < -0.4 is 4.72 Å². The van der Waals surface area contributed by atoms with Crippen LogP contribution in [-0.2, 0) is 10.0 Å². The van der Waals surface area contributed by atoms with Gasteiger partial charge in [0.05, 0.1) is 0 Å². The summed E-state index contributed by atoms with van der Waals surface area (Å²) in [4.78, 5) is -0.229. The van der Waals surface area contributed by atoms with E-state index < -0.39 is 10.0 Å². The fourth-order valence-electron chi connectivity index (χ4n) is 1.91. The van der Waals surface area contributed by atoms with Crippen molar-refractivity contribution in [3.63, 3.8) is 0 Å². The van der Waals surface area contributed by atoms with Crippen molar-refractivity contribution in [3.8, 4) is 6.07 Å². The van der Waals surface area contributed by atoms with Crippen LogP contribution in [0, 0.1) is 11.3 Å². The predicted molar refractivity (Wildman–Crippen MR) is 80.5 cm³/mol. The SMILES string of the molecule is N#C/C(=C\c1csc2ccccc12)S(=O)(=O)NC1CC1. The molecule has 102 valence electrons. The molecule has 1 aromatic heterocycles. The van der Waals surface area contributed by atoms with Gasteiger partial charge in [0, 0.05) is 10.7 Å². The number of sulfonamides is 1. The number of nitriles is 1. The van der Waals surface area contributed by atoms with Crippen molar-refractivity contribution in [3.05, 3.63) is 40.1 Å². The third kappa shape index (κ3) is 2.61. The molecule has 0 saturated heterocycles. The van der Waals surface area contributed by atoms with Crippen LogP contribution in [0.4, 0.5) is 0 Å². The zero-order valence-electron chi connectivity index (χ0n) is 10.5. The second kappa shape index (κ2) is 5.02. The Morgan fingerprint density at radius 1 is 1.40 bits per heavy atom. The maximum atomic E-state index is 12.1. The van der Waals surface area contributed by atoms with Crippen molar-refractivity contribution >= 4 is 37.5 Å². The van der Waals surface area contributed by atoms with Crippen LogP contribution in [0.1, 0.15) is 18.4 Å². The Bertz CT molecular complexity index is 824. The second-order valence-corrected chi connectivity index (χ2v) is 7.30. The van der Waals surface area contributed by atoms with Crippen molar-refractivity contribution in [2.24, 2.45) is 0 Å². The number of allylic oxidation sites excluding steroid dienone is 1. The van der Waals surface area contributed by atoms with E-state index in [1.54, 1.807) is 6.07 Å². The Hall–Kier alpha value is -1.68. The summed E-state index contributed by atoms with van der Waals surface area (Å²) in [5.74, 6) is 0. The zero-order valence-corrected chi connectivity index (χ0v) is 12.2. The highest BCUT2D eigenvalue weighted by molar-refractivity contribution is 7.93.